The second-order valence-electron chi connectivity index (χ2n) is 5.66. The van der Waals surface area contributed by atoms with Crippen LogP contribution in [0.1, 0.15) is 24.0 Å². The predicted octanol–water partition coefficient (Wildman–Crippen LogP) is 2.39. The third kappa shape index (κ3) is 4.51. The van der Waals surface area contributed by atoms with E-state index in [-0.39, 0.29) is 0 Å². The molecule has 1 aliphatic rings. The molecule has 1 aliphatic heterocycles. The lowest BCUT2D eigenvalue weighted by atomic mass is 10.1. The Hall–Kier alpha value is -1.06. The van der Waals surface area contributed by atoms with Gasteiger partial charge in [-0.2, -0.15) is 0 Å². The van der Waals surface area contributed by atoms with Crippen molar-refractivity contribution in [1.82, 2.24) is 4.90 Å². The predicted molar refractivity (Wildman–Crippen MR) is 77.7 cm³/mol. The Labute approximate surface area is 116 Å². The first-order chi connectivity index (χ1) is 9.17. The number of aliphatic hydroxyl groups excluding tert-OH is 1. The summed E-state index contributed by atoms with van der Waals surface area (Å²) in [5.74, 6) is 1.47. The number of likely N-dealkylation sites (tertiary alicyclic amines) is 1. The van der Waals surface area contributed by atoms with Crippen molar-refractivity contribution in [2.24, 2.45) is 5.92 Å². The van der Waals surface area contributed by atoms with Crippen molar-refractivity contribution in [2.45, 2.75) is 26.7 Å². The van der Waals surface area contributed by atoms with Gasteiger partial charge in [0.1, 0.15) is 5.75 Å². The summed E-state index contributed by atoms with van der Waals surface area (Å²) in [5, 5.41) is 9.10. The number of hydrogen-bond acceptors (Lipinski definition) is 3. The highest BCUT2D eigenvalue weighted by Crippen LogP contribution is 2.17. The summed E-state index contributed by atoms with van der Waals surface area (Å²) >= 11 is 0. The van der Waals surface area contributed by atoms with Crippen LogP contribution in [0.3, 0.4) is 0 Å². The number of aryl methyl sites for hydroxylation is 2. The minimum absolute atomic E-state index is 0.329. The first-order valence-electron chi connectivity index (χ1n) is 7.21. The van der Waals surface area contributed by atoms with Crippen LogP contribution in [-0.4, -0.2) is 42.9 Å². The summed E-state index contributed by atoms with van der Waals surface area (Å²) in [4.78, 5) is 2.42. The average molecular weight is 263 g/mol. The monoisotopic (exact) mass is 263 g/mol. The van der Waals surface area contributed by atoms with Gasteiger partial charge in [-0.15, -0.1) is 0 Å². The van der Waals surface area contributed by atoms with Crippen molar-refractivity contribution in [3.8, 4) is 5.75 Å². The van der Waals surface area contributed by atoms with E-state index in [4.69, 9.17) is 9.84 Å². The number of rotatable bonds is 6. The summed E-state index contributed by atoms with van der Waals surface area (Å²) in [6.07, 6.45) is 2.18. The standard InChI is InChI=1S/C16H25NO2/c1-13-8-14(2)10-16(9-13)19-7-3-5-17-6-4-15(11-17)12-18/h8-10,15,18H,3-7,11-12H2,1-2H3. The molecule has 1 atom stereocenters. The Balaban J connectivity index is 1.67. The third-order valence-corrected chi connectivity index (χ3v) is 3.71. The van der Waals surface area contributed by atoms with Crippen LogP contribution in [0.2, 0.25) is 0 Å². The molecule has 1 N–H and O–H groups in total. The van der Waals surface area contributed by atoms with Gasteiger partial charge < -0.3 is 14.7 Å². The van der Waals surface area contributed by atoms with Gasteiger partial charge in [0.25, 0.3) is 0 Å². The Morgan fingerprint density at radius 2 is 2.00 bits per heavy atom. The number of benzene rings is 1. The van der Waals surface area contributed by atoms with Crippen LogP contribution in [0.4, 0.5) is 0 Å². The summed E-state index contributed by atoms with van der Waals surface area (Å²) in [7, 11) is 0. The van der Waals surface area contributed by atoms with Crippen molar-refractivity contribution < 1.29 is 9.84 Å². The van der Waals surface area contributed by atoms with Crippen LogP contribution >= 0.6 is 0 Å². The van der Waals surface area contributed by atoms with E-state index in [0.717, 1.165) is 44.8 Å². The molecule has 0 saturated carbocycles. The third-order valence-electron chi connectivity index (χ3n) is 3.71. The molecule has 1 heterocycles. The molecule has 0 bridgehead atoms. The van der Waals surface area contributed by atoms with E-state index in [9.17, 15) is 0 Å². The molecule has 1 unspecified atom stereocenters. The zero-order valence-corrected chi connectivity index (χ0v) is 12.1. The van der Waals surface area contributed by atoms with Gasteiger partial charge in [-0.05, 0) is 62.4 Å². The van der Waals surface area contributed by atoms with Gasteiger partial charge >= 0.3 is 0 Å². The first-order valence-corrected chi connectivity index (χ1v) is 7.21. The normalized spacial score (nSPS) is 19.8. The maximum absolute atomic E-state index is 9.10. The van der Waals surface area contributed by atoms with Gasteiger partial charge in [0.05, 0.1) is 6.61 Å². The Kier molecular flexibility index (Phi) is 5.23. The average Bonchev–Trinajstić information content (AvgIpc) is 2.81. The molecular weight excluding hydrogens is 238 g/mol. The number of hydrogen-bond donors (Lipinski definition) is 1. The van der Waals surface area contributed by atoms with E-state index in [1.807, 2.05) is 0 Å². The fourth-order valence-electron chi connectivity index (χ4n) is 2.76. The van der Waals surface area contributed by atoms with Gasteiger partial charge in [-0.3, -0.25) is 0 Å². The molecule has 3 heteroatoms. The zero-order chi connectivity index (χ0) is 13.7. The lowest BCUT2D eigenvalue weighted by molar-refractivity contribution is 0.215. The zero-order valence-electron chi connectivity index (χ0n) is 12.1. The van der Waals surface area contributed by atoms with Crippen LogP contribution in [0.25, 0.3) is 0 Å². The Bertz CT molecular complexity index is 385. The van der Waals surface area contributed by atoms with Gasteiger partial charge in [0.15, 0.2) is 0 Å². The molecule has 1 fully saturated rings. The van der Waals surface area contributed by atoms with E-state index < -0.39 is 0 Å². The quantitative estimate of drug-likeness (QED) is 0.800. The largest absolute Gasteiger partial charge is 0.494 e. The van der Waals surface area contributed by atoms with Crippen LogP contribution in [0, 0.1) is 19.8 Å². The highest BCUT2D eigenvalue weighted by atomic mass is 16.5. The summed E-state index contributed by atoms with van der Waals surface area (Å²) in [6.45, 7) is 8.52. The smallest absolute Gasteiger partial charge is 0.119 e. The van der Waals surface area contributed by atoms with E-state index in [0.29, 0.717) is 12.5 Å². The molecule has 19 heavy (non-hydrogen) atoms. The molecular formula is C16H25NO2. The van der Waals surface area contributed by atoms with Crippen LogP contribution < -0.4 is 4.74 Å². The van der Waals surface area contributed by atoms with Crippen molar-refractivity contribution in [3.05, 3.63) is 29.3 Å². The van der Waals surface area contributed by atoms with Gasteiger partial charge in [-0.1, -0.05) is 6.07 Å². The number of nitrogens with zero attached hydrogens (tertiary/aromatic N) is 1. The molecule has 1 saturated heterocycles. The summed E-state index contributed by atoms with van der Waals surface area (Å²) in [6, 6.07) is 6.33. The second-order valence-corrected chi connectivity index (χ2v) is 5.66. The van der Waals surface area contributed by atoms with Crippen molar-refractivity contribution >= 4 is 0 Å². The van der Waals surface area contributed by atoms with E-state index >= 15 is 0 Å². The highest BCUT2D eigenvalue weighted by molar-refractivity contribution is 5.32. The van der Waals surface area contributed by atoms with Crippen LogP contribution in [0.15, 0.2) is 18.2 Å². The van der Waals surface area contributed by atoms with Crippen LogP contribution in [0.5, 0.6) is 5.75 Å². The van der Waals surface area contributed by atoms with Crippen molar-refractivity contribution in [3.63, 3.8) is 0 Å². The minimum Gasteiger partial charge on any atom is -0.494 e. The van der Waals surface area contributed by atoms with Crippen molar-refractivity contribution in [2.75, 3.05) is 32.8 Å². The molecule has 0 radical (unpaired) electrons. The number of aliphatic hydroxyl groups is 1. The Morgan fingerprint density at radius 3 is 2.63 bits per heavy atom. The molecule has 2 rings (SSSR count). The Morgan fingerprint density at radius 1 is 1.26 bits per heavy atom. The van der Waals surface area contributed by atoms with E-state index in [1.165, 1.54) is 11.1 Å². The van der Waals surface area contributed by atoms with E-state index in [1.54, 1.807) is 0 Å². The lowest BCUT2D eigenvalue weighted by Crippen LogP contribution is -2.24. The molecule has 1 aromatic carbocycles. The fraction of sp³-hybridized carbons (Fsp3) is 0.625. The second kappa shape index (κ2) is 6.92. The van der Waals surface area contributed by atoms with Gasteiger partial charge in [-0.25, -0.2) is 0 Å². The maximum atomic E-state index is 9.10. The van der Waals surface area contributed by atoms with E-state index in [2.05, 4.69) is 36.9 Å². The maximum Gasteiger partial charge on any atom is 0.119 e. The molecule has 0 amide bonds. The summed E-state index contributed by atoms with van der Waals surface area (Å²) < 4.78 is 5.80. The van der Waals surface area contributed by atoms with Gasteiger partial charge in [0, 0.05) is 19.7 Å². The first kappa shape index (κ1) is 14.4. The fourth-order valence-corrected chi connectivity index (χ4v) is 2.76. The number of ether oxygens (including phenoxy) is 1. The minimum atomic E-state index is 0.329. The molecule has 3 nitrogen and oxygen atoms in total. The summed E-state index contributed by atoms with van der Waals surface area (Å²) in [5.41, 5.74) is 2.50. The molecule has 1 aromatic rings. The molecule has 106 valence electrons. The molecule has 0 aromatic heterocycles. The van der Waals surface area contributed by atoms with Crippen LogP contribution in [-0.2, 0) is 0 Å². The topological polar surface area (TPSA) is 32.7 Å². The SMILES string of the molecule is Cc1cc(C)cc(OCCCN2CCC(CO)C2)c1. The highest BCUT2D eigenvalue weighted by Gasteiger charge is 2.20. The van der Waals surface area contributed by atoms with Crippen molar-refractivity contribution in [1.29, 1.82) is 0 Å². The molecule has 0 spiro atoms. The van der Waals surface area contributed by atoms with Gasteiger partial charge in [0.2, 0.25) is 0 Å². The lowest BCUT2D eigenvalue weighted by Gasteiger charge is -2.15. The molecule has 0 aliphatic carbocycles.